The topological polar surface area (TPSA) is 81.9 Å². The van der Waals surface area contributed by atoms with Crippen molar-refractivity contribution < 1.29 is 22.7 Å². The van der Waals surface area contributed by atoms with Gasteiger partial charge in [0.25, 0.3) is 0 Å². The molecule has 2 aromatic heterocycles. The average molecular weight is 458 g/mol. The highest BCUT2D eigenvalue weighted by atomic mass is 35.5. The molecule has 158 valence electrons. The van der Waals surface area contributed by atoms with Crippen molar-refractivity contribution in [1.82, 2.24) is 25.1 Å². The number of methoxy groups -OCH3 is 1. The van der Waals surface area contributed by atoms with Gasteiger partial charge < -0.3 is 10.1 Å². The van der Waals surface area contributed by atoms with Gasteiger partial charge in [-0.15, -0.1) is 10.2 Å². The molecule has 0 saturated carbocycles. The fraction of sp³-hybridized carbons (Fsp3) is 0.222. The molecule has 3 rings (SSSR count). The fourth-order valence-electron chi connectivity index (χ4n) is 2.44. The first kappa shape index (κ1) is 21.9. The Morgan fingerprint density at radius 3 is 2.60 bits per heavy atom. The first-order valence-corrected chi connectivity index (χ1v) is 9.62. The van der Waals surface area contributed by atoms with Crippen molar-refractivity contribution in [3.8, 4) is 11.4 Å². The molecule has 0 spiro atoms. The van der Waals surface area contributed by atoms with E-state index in [1.807, 2.05) is 0 Å². The predicted molar refractivity (Wildman–Crippen MR) is 104 cm³/mol. The highest BCUT2D eigenvalue weighted by molar-refractivity contribution is 7.99. The van der Waals surface area contributed by atoms with E-state index in [0.717, 1.165) is 24.0 Å². The molecule has 3 aromatic rings. The van der Waals surface area contributed by atoms with Gasteiger partial charge in [-0.05, 0) is 42.1 Å². The smallest absolute Gasteiger partial charge is 0.417 e. The fourth-order valence-corrected chi connectivity index (χ4v) is 3.50. The number of halogens is 4. The molecule has 0 unspecified atom stereocenters. The Balaban J connectivity index is 1.98. The summed E-state index contributed by atoms with van der Waals surface area (Å²) in [5.41, 5.74) is -0.262. The monoisotopic (exact) mass is 457 g/mol. The summed E-state index contributed by atoms with van der Waals surface area (Å²) in [6.45, 7) is 1.46. The zero-order chi connectivity index (χ0) is 21.9. The number of ether oxygens (including phenoxy) is 1. The van der Waals surface area contributed by atoms with Crippen LogP contribution in [0.1, 0.15) is 18.3 Å². The number of hydrogen-bond acceptors (Lipinski definition) is 6. The molecule has 30 heavy (non-hydrogen) atoms. The lowest BCUT2D eigenvalue weighted by Crippen LogP contribution is -2.21. The van der Waals surface area contributed by atoms with Gasteiger partial charge in [0.15, 0.2) is 5.82 Å². The summed E-state index contributed by atoms with van der Waals surface area (Å²) in [4.78, 5) is 15.1. The van der Waals surface area contributed by atoms with Crippen LogP contribution in [-0.4, -0.2) is 32.8 Å². The molecule has 0 aliphatic rings. The van der Waals surface area contributed by atoms with E-state index in [4.69, 9.17) is 16.3 Å². The number of carbonyl (C=O) groups is 1. The highest BCUT2D eigenvalue weighted by Gasteiger charge is 2.30. The van der Waals surface area contributed by atoms with E-state index < -0.39 is 11.7 Å². The van der Waals surface area contributed by atoms with Crippen LogP contribution in [0.5, 0.6) is 5.75 Å². The summed E-state index contributed by atoms with van der Waals surface area (Å²) in [7, 11) is 1.49. The third-order valence-corrected chi connectivity index (χ3v) is 5.04. The van der Waals surface area contributed by atoms with Gasteiger partial charge in [-0.3, -0.25) is 9.36 Å². The van der Waals surface area contributed by atoms with E-state index in [2.05, 4.69) is 20.5 Å². The van der Waals surface area contributed by atoms with E-state index in [1.54, 1.807) is 22.8 Å². The minimum atomic E-state index is -4.47. The Hall–Kier alpha value is -2.79. The normalized spacial score (nSPS) is 11.4. The van der Waals surface area contributed by atoms with Gasteiger partial charge in [0.1, 0.15) is 10.8 Å². The van der Waals surface area contributed by atoms with Crippen molar-refractivity contribution in [3.63, 3.8) is 0 Å². The van der Waals surface area contributed by atoms with E-state index in [1.165, 1.54) is 20.1 Å². The lowest BCUT2D eigenvalue weighted by atomic mass is 10.3. The molecule has 0 saturated heterocycles. The van der Waals surface area contributed by atoms with Crippen molar-refractivity contribution in [2.24, 2.45) is 0 Å². The third-order valence-electron chi connectivity index (χ3n) is 3.85. The number of carbonyl (C=O) groups excluding carboxylic acids is 1. The summed E-state index contributed by atoms with van der Waals surface area (Å²) < 4.78 is 45.0. The quantitative estimate of drug-likeness (QED) is 0.599. The number of rotatable bonds is 6. The number of hydrogen-bond donors (Lipinski definition) is 1. The molecule has 0 atom stereocenters. The maximum atomic E-state index is 12.8. The second-order valence-electron chi connectivity index (χ2n) is 5.95. The van der Waals surface area contributed by atoms with Crippen molar-refractivity contribution in [3.05, 3.63) is 52.9 Å². The third kappa shape index (κ3) is 5.03. The molecule has 1 N–H and O–H groups in total. The van der Waals surface area contributed by atoms with Gasteiger partial charge in [0, 0.05) is 13.1 Å². The van der Waals surface area contributed by atoms with Crippen molar-refractivity contribution in [2.75, 3.05) is 7.11 Å². The number of nitrogens with zero attached hydrogens (tertiary/aromatic N) is 4. The zero-order valence-electron chi connectivity index (χ0n) is 15.7. The molecule has 0 fully saturated rings. The second kappa shape index (κ2) is 8.92. The lowest BCUT2D eigenvalue weighted by molar-refractivity contribution is -0.137. The number of nitrogens with one attached hydrogen (secondary N) is 1. The molecule has 2 heterocycles. The van der Waals surface area contributed by atoms with E-state index in [-0.39, 0.29) is 12.5 Å². The van der Waals surface area contributed by atoms with Crippen LogP contribution in [0, 0.1) is 0 Å². The standard InChI is InChI=1S/C18H15ClF3N5O2S/c1-10(28)23-9-15-25-26-17(27(15)12-4-5-14(29-2)13(19)7-12)30-16-6-3-11(8-24-16)18(20,21)22/h3-8H,9H2,1-2H3,(H,23,28). The summed E-state index contributed by atoms with van der Waals surface area (Å²) >= 11 is 7.25. The first-order valence-electron chi connectivity index (χ1n) is 8.43. The van der Waals surface area contributed by atoms with E-state index in [0.29, 0.717) is 32.5 Å². The Morgan fingerprint density at radius 2 is 2.03 bits per heavy atom. The lowest BCUT2D eigenvalue weighted by Gasteiger charge is -2.12. The Bertz CT molecular complexity index is 1060. The molecule has 0 radical (unpaired) electrons. The maximum absolute atomic E-state index is 12.8. The Kier molecular flexibility index (Phi) is 6.52. The summed E-state index contributed by atoms with van der Waals surface area (Å²) in [5, 5.41) is 11.8. The number of alkyl halides is 3. The Morgan fingerprint density at radius 1 is 1.27 bits per heavy atom. The maximum Gasteiger partial charge on any atom is 0.417 e. The number of pyridine rings is 1. The van der Waals surface area contributed by atoms with Crippen LogP contribution >= 0.6 is 23.4 Å². The number of aromatic nitrogens is 4. The first-order chi connectivity index (χ1) is 14.2. The van der Waals surface area contributed by atoms with Crippen LogP contribution in [0.25, 0.3) is 5.69 Å². The second-order valence-corrected chi connectivity index (χ2v) is 7.34. The number of amides is 1. The van der Waals surface area contributed by atoms with Gasteiger partial charge in [0.05, 0.1) is 29.9 Å². The molecule has 1 amide bonds. The van der Waals surface area contributed by atoms with Crippen LogP contribution < -0.4 is 10.1 Å². The summed E-state index contributed by atoms with van der Waals surface area (Å²) in [6.07, 6.45) is -3.72. The van der Waals surface area contributed by atoms with E-state index >= 15 is 0 Å². The largest absolute Gasteiger partial charge is 0.495 e. The Labute approximate surface area is 178 Å². The molecule has 0 aliphatic heterocycles. The van der Waals surface area contributed by atoms with Gasteiger partial charge >= 0.3 is 6.18 Å². The van der Waals surface area contributed by atoms with Crippen molar-refractivity contribution >= 4 is 29.3 Å². The van der Waals surface area contributed by atoms with Crippen LogP contribution in [-0.2, 0) is 17.5 Å². The van der Waals surface area contributed by atoms with E-state index in [9.17, 15) is 18.0 Å². The van der Waals surface area contributed by atoms with Crippen LogP contribution in [0.2, 0.25) is 5.02 Å². The zero-order valence-corrected chi connectivity index (χ0v) is 17.3. The molecule has 0 bridgehead atoms. The molecule has 7 nitrogen and oxygen atoms in total. The molecule has 12 heteroatoms. The van der Waals surface area contributed by atoms with Crippen molar-refractivity contribution in [1.29, 1.82) is 0 Å². The highest BCUT2D eigenvalue weighted by Crippen LogP contribution is 2.33. The van der Waals surface area contributed by atoms with Gasteiger partial charge in [-0.25, -0.2) is 4.98 Å². The molecule has 1 aromatic carbocycles. The molecular formula is C18H15ClF3N5O2S. The molecule has 0 aliphatic carbocycles. The predicted octanol–water partition coefficient (Wildman–Crippen LogP) is 4.13. The van der Waals surface area contributed by atoms with Gasteiger partial charge in [-0.2, -0.15) is 13.2 Å². The average Bonchev–Trinajstić information content (AvgIpc) is 3.08. The van der Waals surface area contributed by atoms with Gasteiger partial charge in [-0.1, -0.05) is 11.6 Å². The number of benzene rings is 1. The van der Waals surface area contributed by atoms with Crippen LogP contribution in [0.15, 0.2) is 46.7 Å². The molecular weight excluding hydrogens is 443 g/mol. The van der Waals surface area contributed by atoms with Crippen LogP contribution in [0.3, 0.4) is 0 Å². The minimum Gasteiger partial charge on any atom is -0.495 e. The SMILES string of the molecule is COc1ccc(-n2c(CNC(C)=O)nnc2Sc2ccc(C(F)(F)F)cn2)cc1Cl. The summed E-state index contributed by atoms with van der Waals surface area (Å²) in [5.74, 6) is 0.618. The van der Waals surface area contributed by atoms with Crippen LogP contribution in [0.4, 0.5) is 13.2 Å². The van der Waals surface area contributed by atoms with Crippen molar-refractivity contribution in [2.45, 2.75) is 29.8 Å². The van der Waals surface area contributed by atoms with Gasteiger partial charge in [0.2, 0.25) is 11.1 Å². The summed E-state index contributed by atoms with van der Waals surface area (Å²) in [6, 6.07) is 7.20. The minimum absolute atomic E-state index is 0.0903.